The van der Waals surface area contributed by atoms with Gasteiger partial charge in [0.2, 0.25) is 5.91 Å². The van der Waals surface area contributed by atoms with E-state index in [2.05, 4.69) is 22.3 Å². The number of benzene rings is 1. The fourth-order valence-electron chi connectivity index (χ4n) is 3.27. The summed E-state index contributed by atoms with van der Waals surface area (Å²) < 4.78 is 0. The number of carbonyl (C=O) groups is 1. The van der Waals surface area contributed by atoms with Crippen LogP contribution in [-0.4, -0.2) is 41.4 Å². The zero-order valence-corrected chi connectivity index (χ0v) is 16.2. The molecule has 2 unspecified atom stereocenters. The average Bonchev–Trinajstić information content (AvgIpc) is 2.97. The van der Waals surface area contributed by atoms with Gasteiger partial charge in [0.15, 0.2) is 0 Å². The summed E-state index contributed by atoms with van der Waals surface area (Å²) in [5.41, 5.74) is 8.10. The second-order valence-electron chi connectivity index (χ2n) is 6.30. The maximum atomic E-state index is 12.4. The Labute approximate surface area is 161 Å². The van der Waals surface area contributed by atoms with Crippen molar-refractivity contribution in [3.05, 3.63) is 29.8 Å². The zero-order valence-electron chi connectivity index (χ0n) is 13.8. The van der Waals surface area contributed by atoms with Crippen LogP contribution in [0.3, 0.4) is 0 Å². The lowest BCUT2D eigenvalue weighted by Gasteiger charge is -2.27. The van der Waals surface area contributed by atoms with Gasteiger partial charge in [-0.3, -0.25) is 9.69 Å². The van der Waals surface area contributed by atoms with Crippen LogP contribution in [0.2, 0.25) is 0 Å². The first-order chi connectivity index (χ1) is 10.7. The molecule has 7 heteroatoms. The molecule has 4 nitrogen and oxygen atoms in total. The summed E-state index contributed by atoms with van der Waals surface area (Å²) in [6.45, 7) is 3.18. The van der Waals surface area contributed by atoms with Gasteiger partial charge in [-0.1, -0.05) is 18.2 Å². The number of amides is 1. The Kier molecular flexibility index (Phi) is 9.45. The highest BCUT2D eigenvalue weighted by Gasteiger charge is 2.28. The van der Waals surface area contributed by atoms with Crippen molar-refractivity contribution in [1.82, 2.24) is 4.90 Å². The van der Waals surface area contributed by atoms with Crippen LogP contribution < -0.4 is 11.1 Å². The number of carbonyl (C=O) groups excluding carboxylic acids is 1. The van der Waals surface area contributed by atoms with Gasteiger partial charge >= 0.3 is 0 Å². The minimum atomic E-state index is 0. The predicted molar refractivity (Wildman–Crippen MR) is 107 cm³/mol. The van der Waals surface area contributed by atoms with Crippen molar-refractivity contribution in [2.45, 2.75) is 31.8 Å². The molecular formula is C17H27Cl2N3OS. The molecule has 0 radical (unpaired) electrons. The van der Waals surface area contributed by atoms with Crippen molar-refractivity contribution in [3.8, 4) is 0 Å². The van der Waals surface area contributed by atoms with E-state index < -0.39 is 0 Å². The van der Waals surface area contributed by atoms with E-state index in [-0.39, 0.29) is 42.7 Å². The van der Waals surface area contributed by atoms with Crippen molar-refractivity contribution in [2.75, 3.05) is 29.9 Å². The minimum absolute atomic E-state index is 0. The highest BCUT2D eigenvalue weighted by atomic mass is 35.5. The van der Waals surface area contributed by atoms with Gasteiger partial charge in [-0.05, 0) is 30.9 Å². The van der Waals surface area contributed by atoms with Gasteiger partial charge in [0, 0.05) is 48.8 Å². The maximum Gasteiger partial charge on any atom is 0.227 e. The van der Waals surface area contributed by atoms with Crippen LogP contribution in [0.25, 0.3) is 0 Å². The van der Waals surface area contributed by atoms with Gasteiger partial charge in [-0.2, -0.15) is 11.8 Å². The van der Waals surface area contributed by atoms with Crippen LogP contribution >= 0.6 is 36.6 Å². The van der Waals surface area contributed by atoms with Gasteiger partial charge in [0.1, 0.15) is 0 Å². The van der Waals surface area contributed by atoms with Gasteiger partial charge in [0.25, 0.3) is 0 Å². The molecule has 1 aromatic rings. The fourth-order valence-corrected chi connectivity index (χ4v) is 4.25. The average molecular weight is 392 g/mol. The molecule has 1 heterocycles. The van der Waals surface area contributed by atoms with E-state index in [0.29, 0.717) is 0 Å². The number of hydrogen-bond acceptors (Lipinski definition) is 4. The third-order valence-corrected chi connectivity index (χ3v) is 5.56. The molecule has 136 valence electrons. The van der Waals surface area contributed by atoms with Gasteiger partial charge in [-0.15, -0.1) is 24.8 Å². The second kappa shape index (κ2) is 10.5. The smallest absolute Gasteiger partial charge is 0.227 e. The summed E-state index contributed by atoms with van der Waals surface area (Å²) in [4.78, 5) is 14.9. The fraction of sp³-hybridized carbons (Fsp3) is 0.588. The Morgan fingerprint density at radius 1 is 1.21 bits per heavy atom. The van der Waals surface area contributed by atoms with E-state index in [1.807, 2.05) is 23.9 Å². The third kappa shape index (κ3) is 5.81. The number of hydrogen-bond donors (Lipinski definition) is 2. The molecular weight excluding hydrogens is 365 g/mol. The van der Waals surface area contributed by atoms with Crippen molar-refractivity contribution >= 4 is 48.2 Å². The first-order valence-corrected chi connectivity index (χ1v) is 9.32. The number of nitrogens with one attached hydrogen (secondary N) is 1. The number of halogens is 2. The third-order valence-electron chi connectivity index (χ3n) is 4.62. The SMILES string of the molecule is Cl.Cl.NC1CCC(C(=O)Nc2ccccc2CN2CCSCC2)C1. The second-order valence-corrected chi connectivity index (χ2v) is 7.53. The van der Waals surface area contributed by atoms with E-state index in [1.165, 1.54) is 17.1 Å². The summed E-state index contributed by atoms with van der Waals surface area (Å²) in [5, 5.41) is 3.14. The van der Waals surface area contributed by atoms with E-state index in [4.69, 9.17) is 5.73 Å². The molecule has 1 saturated heterocycles. The van der Waals surface area contributed by atoms with E-state index in [1.54, 1.807) is 0 Å². The van der Waals surface area contributed by atoms with Crippen molar-refractivity contribution in [3.63, 3.8) is 0 Å². The largest absolute Gasteiger partial charge is 0.328 e. The van der Waals surface area contributed by atoms with Gasteiger partial charge in [-0.25, -0.2) is 0 Å². The van der Waals surface area contributed by atoms with Crippen LogP contribution in [0.4, 0.5) is 5.69 Å². The van der Waals surface area contributed by atoms with Crippen molar-refractivity contribution in [1.29, 1.82) is 0 Å². The van der Waals surface area contributed by atoms with Gasteiger partial charge in [0.05, 0.1) is 0 Å². The lowest BCUT2D eigenvalue weighted by Crippen LogP contribution is -2.32. The molecule has 24 heavy (non-hydrogen) atoms. The predicted octanol–water partition coefficient (Wildman–Crippen LogP) is 3.14. The van der Waals surface area contributed by atoms with Crippen LogP contribution in [0, 0.1) is 5.92 Å². The molecule has 2 fully saturated rings. The normalized spacial score (nSPS) is 23.9. The van der Waals surface area contributed by atoms with Crippen LogP contribution in [-0.2, 0) is 11.3 Å². The van der Waals surface area contributed by atoms with Crippen LogP contribution in [0.1, 0.15) is 24.8 Å². The molecule has 2 atom stereocenters. The molecule has 0 bridgehead atoms. The zero-order chi connectivity index (χ0) is 15.4. The number of rotatable bonds is 4. The first-order valence-electron chi connectivity index (χ1n) is 8.17. The number of anilines is 1. The summed E-state index contributed by atoms with van der Waals surface area (Å²) in [6, 6.07) is 8.37. The molecule has 1 aromatic carbocycles. The lowest BCUT2D eigenvalue weighted by atomic mass is 10.1. The molecule has 1 amide bonds. The minimum Gasteiger partial charge on any atom is -0.328 e. The first kappa shape index (κ1) is 21.6. The van der Waals surface area contributed by atoms with Crippen LogP contribution in [0.15, 0.2) is 24.3 Å². The topological polar surface area (TPSA) is 58.4 Å². The lowest BCUT2D eigenvalue weighted by molar-refractivity contribution is -0.119. The number of thioether (sulfide) groups is 1. The summed E-state index contributed by atoms with van der Waals surface area (Å²) in [7, 11) is 0. The van der Waals surface area contributed by atoms with Gasteiger partial charge < -0.3 is 11.1 Å². The standard InChI is InChI=1S/C17H25N3OS.2ClH/c18-15-6-5-13(11-15)17(21)19-16-4-2-1-3-14(16)12-20-7-9-22-10-8-20;;/h1-4,13,15H,5-12,18H2,(H,19,21);2*1H. The molecule has 0 spiro atoms. The van der Waals surface area contributed by atoms with Crippen LogP contribution in [0.5, 0.6) is 0 Å². The monoisotopic (exact) mass is 391 g/mol. The number of nitrogens with two attached hydrogens (primary N) is 1. The molecule has 3 rings (SSSR count). The Morgan fingerprint density at radius 2 is 1.92 bits per heavy atom. The molecule has 1 saturated carbocycles. The number of nitrogens with zero attached hydrogens (tertiary/aromatic N) is 1. The molecule has 1 aliphatic carbocycles. The van der Waals surface area contributed by atoms with E-state index in [9.17, 15) is 4.79 Å². The summed E-state index contributed by atoms with van der Waals surface area (Å²) in [6.07, 6.45) is 2.70. The molecule has 0 aromatic heterocycles. The quantitative estimate of drug-likeness (QED) is 0.827. The Balaban J connectivity index is 0.00000144. The van der Waals surface area contributed by atoms with Crippen molar-refractivity contribution in [2.24, 2.45) is 11.7 Å². The molecule has 2 aliphatic rings. The summed E-state index contributed by atoms with van der Waals surface area (Å²) >= 11 is 2.02. The highest BCUT2D eigenvalue weighted by molar-refractivity contribution is 7.99. The van der Waals surface area contributed by atoms with E-state index in [0.717, 1.165) is 44.6 Å². The summed E-state index contributed by atoms with van der Waals surface area (Å²) in [5.74, 6) is 2.62. The Morgan fingerprint density at radius 3 is 2.58 bits per heavy atom. The van der Waals surface area contributed by atoms with Crippen molar-refractivity contribution < 1.29 is 4.79 Å². The number of para-hydroxylation sites is 1. The Bertz CT molecular complexity index is 526. The maximum absolute atomic E-state index is 12.4. The molecule has 1 aliphatic heterocycles. The Hall–Kier alpha value is -0.460. The van der Waals surface area contributed by atoms with E-state index >= 15 is 0 Å². The highest BCUT2D eigenvalue weighted by Crippen LogP contribution is 2.27. The molecule has 3 N–H and O–H groups in total.